The molecular formula is C31H41FO8. The van der Waals surface area contributed by atoms with E-state index in [1.54, 1.807) is 26.8 Å². The molecule has 0 bridgehead atoms. The molecule has 0 spiro atoms. The van der Waals surface area contributed by atoms with Gasteiger partial charge in [0, 0.05) is 22.7 Å². The van der Waals surface area contributed by atoms with Crippen molar-refractivity contribution in [3.8, 4) is 0 Å². The van der Waals surface area contributed by atoms with Crippen molar-refractivity contribution in [1.82, 2.24) is 0 Å². The molecule has 0 aromatic carbocycles. The van der Waals surface area contributed by atoms with E-state index in [-0.39, 0.29) is 24.7 Å². The molecule has 5 aliphatic rings. The Bertz CT molecular complexity index is 1160. The van der Waals surface area contributed by atoms with Crippen molar-refractivity contribution in [1.29, 1.82) is 0 Å². The van der Waals surface area contributed by atoms with Gasteiger partial charge in [-0.15, -0.1) is 0 Å². The summed E-state index contributed by atoms with van der Waals surface area (Å²) in [4.78, 5) is 51.5. The van der Waals surface area contributed by atoms with Gasteiger partial charge in [-0.2, -0.15) is 0 Å². The first-order valence-electron chi connectivity index (χ1n) is 14.7. The Hall–Kier alpha value is -2.55. The van der Waals surface area contributed by atoms with Crippen molar-refractivity contribution >= 4 is 23.7 Å². The number of Topliss-reactive ketones (excluding diaryl/α,β-unsaturated/α-hetero) is 1. The van der Waals surface area contributed by atoms with Gasteiger partial charge in [-0.05, 0) is 69.9 Å². The molecule has 8 atom stereocenters. The molecule has 0 heterocycles. The first-order chi connectivity index (χ1) is 18.8. The van der Waals surface area contributed by atoms with Gasteiger partial charge in [-0.1, -0.05) is 38.8 Å². The number of esters is 1. The third kappa shape index (κ3) is 4.09. The summed E-state index contributed by atoms with van der Waals surface area (Å²) in [5.74, 6) is -3.06. The van der Waals surface area contributed by atoms with Crippen molar-refractivity contribution in [2.75, 3.05) is 13.2 Å². The monoisotopic (exact) mass is 560 g/mol. The number of allylic oxidation sites excluding steroid dienone is 4. The SMILES string of the molecule is CCCCOC(=O)O[C@]1(C(=O)COC(=O)C2CC2)[C@H](C)C[C@H]2[C@@H]3CCC4=CC(=O)C=C[C@]4(C)[C@@]3(F)[C@@H](O)C[C@@]21C. The number of fused-ring (bicyclic) bond motifs is 5. The van der Waals surface area contributed by atoms with Gasteiger partial charge in [-0.3, -0.25) is 14.4 Å². The minimum Gasteiger partial charge on any atom is -0.457 e. The zero-order valence-corrected chi connectivity index (χ0v) is 23.9. The number of unbranched alkanes of at least 4 members (excludes halogenated alkanes) is 1. The highest BCUT2D eigenvalue weighted by Gasteiger charge is 2.77. The van der Waals surface area contributed by atoms with Gasteiger partial charge < -0.3 is 19.3 Å². The standard InChI is InChI=1S/C31H41FO8/c1-5-6-13-38-27(37)40-31(25(35)17-39-26(36)19-7-8-19)18(2)14-23-22-10-9-20-15-21(33)11-12-28(20,3)30(22,32)24(34)16-29(23,31)4/h11-12,15,18-19,22-24,34H,5-10,13-14,16-17H2,1-4H3/t18-,22+,23+,24+,28+,29+,30+,31+/m1/s1. The van der Waals surface area contributed by atoms with Gasteiger partial charge in [-0.25, -0.2) is 9.18 Å². The van der Waals surface area contributed by atoms with Crippen LogP contribution in [0.4, 0.5) is 9.18 Å². The predicted molar refractivity (Wildman–Crippen MR) is 142 cm³/mol. The number of ketones is 2. The lowest BCUT2D eigenvalue weighted by molar-refractivity contribution is -0.222. The van der Waals surface area contributed by atoms with E-state index in [2.05, 4.69) is 0 Å². The second kappa shape index (κ2) is 10.1. The Kier molecular flexibility index (Phi) is 7.29. The van der Waals surface area contributed by atoms with E-state index >= 15 is 4.39 Å². The number of hydrogen-bond donors (Lipinski definition) is 1. The molecular weight excluding hydrogens is 519 g/mol. The number of halogens is 1. The summed E-state index contributed by atoms with van der Waals surface area (Å²) >= 11 is 0. The Morgan fingerprint density at radius 2 is 1.85 bits per heavy atom. The van der Waals surface area contributed by atoms with Gasteiger partial charge in [0.25, 0.3) is 0 Å². The fourth-order valence-electron chi connectivity index (χ4n) is 8.54. The second-order valence-electron chi connectivity index (χ2n) is 13.0. The van der Waals surface area contributed by atoms with E-state index < -0.39 is 70.5 Å². The van der Waals surface area contributed by atoms with E-state index in [9.17, 15) is 24.3 Å². The third-order valence-electron chi connectivity index (χ3n) is 10.8. The van der Waals surface area contributed by atoms with Crippen molar-refractivity contribution in [2.24, 2.45) is 34.5 Å². The van der Waals surface area contributed by atoms with Crippen LogP contribution in [-0.2, 0) is 28.6 Å². The lowest BCUT2D eigenvalue weighted by atomic mass is 9.44. The van der Waals surface area contributed by atoms with Gasteiger partial charge in [0.2, 0.25) is 5.78 Å². The third-order valence-corrected chi connectivity index (χ3v) is 10.8. The molecule has 0 unspecified atom stereocenters. The molecule has 0 amide bonds. The number of rotatable bonds is 8. The van der Waals surface area contributed by atoms with Crippen molar-refractivity contribution in [2.45, 2.75) is 96.4 Å². The fourth-order valence-corrected chi connectivity index (χ4v) is 8.54. The highest BCUT2D eigenvalue weighted by Crippen LogP contribution is 2.71. The highest BCUT2D eigenvalue weighted by atomic mass is 19.1. The molecule has 5 aliphatic carbocycles. The Labute approximate surface area is 234 Å². The molecule has 0 saturated heterocycles. The predicted octanol–water partition coefficient (Wildman–Crippen LogP) is 4.82. The molecule has 0 aliphatic heterocycles. The molecule has 0 aromatic rings. The number of aliphatic hydroxyl groups excluding tert-OH is 1. The number of carbonyl (C=O) groups excluding carboxylic acids is 4. The van der Waals surface area contributed by atoms with Gasteiger partial charge in [0.1, 0.15) is 0 Å². The Morgan fingerprint density at radius 1 is 1.12 bits per heavy atom. The minimum atomic E-state index is -2.09. The molecule has 0 radical (unpaired) electrons. The summed E-state index contributed by atoms with van der Waals surface area (Å²) in [6, 6.07) is 0. The zero-order valence-electron chi connectivity index (χ0n) is 23.9. The maximum atomic E-state index is 17.5. The summed E-state index contributed by atoms with van der Waals surface area (Å²) in [5, 5.41) is 11.7. The van der Waals surface area contributed by atoms with E-state index in [0.29, 0.717) is 31.3 Å². The van der Waals surface area contributed by atoms with Crippen LogP contribution in [-0.4, -0.2) is 59.4 Å². The first kappa shape index (κ1) is 29.0. The molecule has 4 saturated carbocycles. The molecule has 5 rings (SSSR count). The number of ether oxygens (including phenoxy) is 3. The molecule has 40 heavy (non-hydrogen) atoms. The van der Waals surface area contributed by atoms with Gasteiger partial charge >= 0.3 is 12.1 Å². The number of hydrogen-bond acceptors (Lipinski definition) is 8. The number of alkyl halides is 1. The number of aliphatic hydroxyl groups is 1. The van der Waals surface area contributed by atoms with Crippen LogP contribution in [0.3, 0.4) is 0 Å². The molecule has 220 valence electrons. The lowest BCUT2D eigenvalue weighted by Crippen LogP contribution is -2.70. The average Bonchev–Trinajstić information content (AvgIpc) is 3.72. The van der Waals surface area contributed by atoms with E-state index in [1.165, 1.54) is 12.2 Å². The van der Waals surface area contributed by atoms with Crippen LogP contribution in [0.1, 0.15) is 79.1 Å². The van der Waals surface area contributed by atoms with E-state index in [0.717, 1.165) is 19.3 Å². The number of carbonyl (C=O) groups is 4. The summed E-state index contributed by atoms with van der Waals surface area (Å²) in [6.07, 6.45) is 5.88. The van der Waals surface area contributed by atoms with Crippen LogP contribution in [0, 0.1) is 34.5 Å². The van der Waals surface area contributed by atoms with E-state index in [1.807, 2.05) is 6.92 Å². The quantitative estimate of drug-likeness (QED) is 0.332. The zero-order chi connectivity index (χ0) is 29.1. The molecule has 8 nitrogen and oxygen atoms in total. The smallest absolute Gasteiger partial charge is 0.457 e. The second-order valence-corrected chi connectivity index (χ2v) is 13.0. The summed E-state index contributed by atoms with van der Waals surface area (Å²) in [5.41, 5.74) is -5.52. The van der Waals surface area contributed by atoms with Crippen LogP contribution >= 0.6 is 0 Å². The first-order valence-corrected chi connectivity index (χ1v) is 14.7. The van der Waals surface area contributed by atoms with Crippen molar-refractivity contribution < 1.29 is 42.9 Å². The van der Waals surface area contributed by atoms with E-state index in [4.69, 9.17) is 14.2 Å². The van der Waals surface area contributed by atoms with Crippen LogP contribution < -0.4 is 0 Å². The van der Waals surface area contributed by atoms with Crippen LogP contribution in [0.2, 0.25) is 0 Å². The fraction of sp³-hybridized carbons (Fsp3) is 0.742. The van der Waals surface area contributed by atoms with Crippen molar-refractivity contribution in [3.63, 3.8) is 0 Å². The maximum Gasteiger partial charge on any atom is 0.509 e. The highest BCUT2D eigenvalue weighted by molar-refractivity contribution is 6.01. The van der Waals surface area contributed by atoms with Gasteiger partial charge in [0.15, 0.2) is 23.7 Å². The largest absolute Gasteiger partial charge is 0.509 e. The normalized spacial score (nSPS) is 41.8. The maximum absolute atomic E-state index is 17.5. The van der Waals surface area contributed by atoms with Crippen LogP contribution in [0.15, 0.2) is 23.8 Å². The lowest BCUT2D eigenvalue weighted by Gasteiger charge is -2.62. The Morgan fingerprint density at radius 3 is 2.52 bits per heavy atom. The minimum absolute atomic E-state index is 0.127. The topological polar surface area (TPSA) is 116 Å². The molecule has 4 fully saturated rings. The van der Waals surface area contributed by atoms with Crippen LogP contribution in [0.5, 0.6) is 0 Å². The van der Waals surface area contributed by atoms with Gasteiger partial charge in [0.05, 0.1) is 18.6 Å². The molecule has 9 heteroatoms. The summed E-state index contributed by atoms with van der Waals surface area (Å²) < 4.78 is 34.2. The van der Waals surface area contributed by atoms with Crippen molar-refractivity contribution in [3.05, 3.63) is 23.8 Å². The van der Waals surface area contributed by atoms with Crippen LogP contribution in [0.25, 0.3) is 0 Å². The molecule has 0 aromatic heterocycles. The molecule has 1 N–H and O–H groups in total. The summed E-state index contributed by atoms with van der Waals surface area (Å²) in [7, 11) is 0. The average molecular weight is 561 g/mol. The Balaban J connectivity index is 1.52. The summed E-state index contributed by atoms with van der Waals surface area (Å²) in [6.45, 7) is 6.83.